The van der Waals surface area contributed by atoms with Crippen LogP contribution in [0.4, 0.5) is 0 Å². The number of aliphatic imine (C=N–C) groups is 1. The van der Waals surface area contributed by atoms with Crippen LogP contribution in [0, 0.1) is 13.8 Å². The number of amides is 1. The fraction of sp³-hybridized carbons (Fsp3) is 0.688. The first-order valence-electron chi connectivity index (χ1n) is 8.25. The molecule has 0 spiro atoms. The molecule has 1 aliphatic carbocycles. The summed E-state index contributed by atoms with van der Waals surface area (Å²) in [6.45, 7) is 4.93. The van der Waals surface area contributed by atoms with Crippen LogP contribution in [0.25, 0.3) is 0 Å². The molecule has 0 atom stereocenters. The van der Waals surface area contributed by atoms with Crippen molar-refractivity contribution in [1.29, 1.82) is 0 Å². The summed E-state index contributed by atoms with van der Waals surface area (Å²) < 4.78 is 0. The summed E-state index contributed by atoms with van der Waals surface area (Å²) in [5.74, 6) is 0.666. The standard InChI is InChI=1S/C16H27N5OS.HI/c1-11-14(23-12(2)20-11)9-18-16(17-3)19-10-15(22)21-13-7-5-4-6-8-13;/h13H,4-10H2,1-3H3,(H,21,22)(H2,17,18,19);1H. The highest BCUT2D eigenvalue weighted by molar-refractivity contribution is 14.0. The van der Waals surface area contributed by atoms with Crippen LogP contribution in [0.1, 0.15) is 47.7 Å². The quantitative estimate of drug-likeness (QED) is 0.355. The molecule has 0 aromatic carbocycles. The van der Waals surface area contributed by atoms with E-state index in [-0.39, 0.29) is 36.4 Å². The number of halogens is 1. The molecular weight excluding hydrogens is 437 g/mol. The van der Waals surface area contributed by atoms with Gasteiger partial charge in [0, 0.05) is 18.0 Å². The number of hydrogen-bond donors (Lipinski definition) is 3. The fourth-order valence-corrected chi connectivity index (χ4v) is 3.69. The first-order chi connectivity index (χ1) is 11.1. The average molecular weight is 465 g/mol. The van der Waals surface area contributed by atoms with Gasteiger partial charge in [-0.05, 0) is 26.7 Å². The number of aromatic nitrogens is 1. The van der Waals surface area contributed by atoms with E-state index in [4.69, 9.17) is 0 Å². The summed E-state index contributed by atoms with van der Waals surface area (Å²) in [5, 5.41) is 10.5. The van der Waals surface area contributed by atoms with E-state index in [1.165, 1.54) is 24.1 Å². The van der Waals surface area contributed by atoms with Gasteiger partial charge in [0.15, 0.2) is 5.96 Å². The molecule has 0 saturated heterocycles. The number of carbonyl (C=O) groups is 1. The molecule has 0 aliphatic heterocycles. The van der Waals surface area contributed by atoms with E-state index >= 15 is 0 Å². The van der Waals surface area contributed by atoms with Gasteiger partial charge in [-0.3, -0.25) is 9.79 Å². The summed E-state index contributed by atoms with van der Waals surface area (Å²) in [6.07, 6.45) is 5.92. The lowest BCUT2D eigenvalue weighted by Crippen LogP contribution is -2.45. The Hall–Kier alpha value is -0.900. The van der Waals surface area contributed by atoms with Crippen molar-refractivity contribution in [3.8, 4) is 0 Å². The van der Waals surface area contributed by atoms with E-state index in [9.17, 15) is 4.79 Å². The molecule has 8 heteroatoms. The normalized spacial score (nSPS) is 15.5. The molecule has 0 bridgehead atoms. The zero-order valence-corrected chi connectivity index (χ0v) is 17.8. The smallest absolute Gasteiger partial charge is 0.239 e. The molecule has 3 N–H and O–H groups in total. The molecule has 2 rings (SSSR count). The summed E-state index contributed by atoms with van der Waals surface area (Å²) in [5.41, 5.74) is 1.05. The lowest BCUT2D eigenvalue weighted by Gasteiger charge is -2.23. The van der Waals surface area contributed by atoms with Crippen LogP contribution < -0.4 is 16.0 Å². The molecule has 1 aromatic rings. The number of carbonyl (C=O) groups excluding carboxylic acids is 1. The van der Waals surface area contributed by atoms with Crippen LogP contribution in [0.3, 0.4) is 0 Å². The van der Waals surface area contributed by atoms with Gasteiger partial charge < -0.3 is 16.0 Å². The largest absolute Gasteiger partial charge is 0.352 e. The second-order valence-corrected chi connectivity index (χ2v) is 7.21. The number of hydrogen-bond acceptors (Lipinski definition) is 4. The van der Waals surface area contributed by atoms with Gasteiger partial charge >= 0.3 is 0 Å². The molecule has 0 radical (unpaired) electrons. The van der Waals surface area contributed by atoms with Gasteiger partial charge in [-0.25, -0.2) is 4.98 Å². The van der Waals surface area contributed by atoms with Gasteiger partial charge in [0.2, 0.25) is 5.91 Å². The third-order valence-corrected chi connectivity index (χ3v) is 5.10. The van der Waals surface area contributed by atoms with Crippen LogP contribution in [-0.4, -0.2) is 36.5 Å². The van der Waals surface area contributed by atoms with Crippen LogP contribution in [0.2, 0.25) is 0 Å². The van der Waals surface area contributed by atoms with Crippen molar-refractivity contribution in [2.75, 3.05) is 13.6 Å². The van der Waals surface area contributed by atoms with Crippen molar-refractivity contribution in [2.24, 2.45) is 4.99 Å². The third kappa shape index (κ3) is 6.92. The fourth-order valence-electron chi connectivity index (χ4n) is 2.81. The number of nitrogens with one attached hydrogen (secondary N) is 3. The molecule has 1 aliphatic rings. The zero-order chi connectivity index (χ0) is 16.7. The molecule has 1 aromatic heterocycles. The lowest BCUT2D eigenvalue weighted by molar-refractivity contribution is -0.120. The minimum absolute atomic E-state index is 0. The first-order valence-corrected chi connectivity index (χ1v) is 9.07. The highest BCUT2D eigenvalue weighted by atomic mass is 127. The van der Waals surface area contributed by atoms with Crippen molar-refractivity contribution in [3.05, 3.63) is 15.6 Å². The highest BCUT2D eigenvalue weighted by Crippen LogP contribution is 2.17. The molecule has 0 unspecified atom stereocenters. The molecule has 6 nitrogen and oxygen atoms in total. The Kier molecular flexibility index (Phi) is 9.57. The second-order valence-electron chi connectivity index (χ2n) is 5.92. The maximum atomic E-state index is 12.0. The zero-order valence-electron chi connectivity index (χ0n) is 14.6. The molecule has 1 heterocycles. The minimum Gasteiger partial charge on any atom is -0.352 e. The van der Waals surface area contributed by atoms with E-state index in [2.05, 4.69) is 25.9 Å². The van der Waals surface area contributed by atoms with E-state index in [1.807, 2.05) is 13.8 Å². The number of thiazole rings is 1. The summed E-state index contributed by atoms with van der Waals surface area (Å²) in [4.78, 5) is 21.8. The van der Waals surface area contributed by atoms with Gasteiger partial charge in [-0.1, -0.05) is 19.3 Å². The minimum atomic E-state index is 0. The van der Waals surface area contributed by atoms with Gasteiger partial charge in [-0.2, -0.15) is 0 Å². The van der Waals surface area contributed by atoms with Crippen molar-refractivity contribution in [3.63, 3.8) is 0 Å². The Morgan fingerprint density at radius 2 is 1.96 bits per heavy atom. The number of rotatable bonds is 5. The lowest BCUT2D eigenvalue weighted by atomic mass is 9.95. The number of guanidine groups is 1. The SMILES string of the molecule is CN=C(NCC(=O)NC1CCCCC1)NCc1sc(C)nc1C.I. The van der Waals surface area contributed by atoms with Crippen LogP contribution >= 0.6 is 35.3 Å². The van der Waals surface area contributed by atoms with Crippen LogP contribution in [-0.2, 0) is 11.3 Å². The van der Waals surface area contributed by atoms with Gasteiger partial charge in [-0.15, -0.1) is 35.3 Å². The van der Waals surface area contributed by atoms with Crippen molar-refractivity contribution in [1.82, 2.24) is 20.9 Å². The van der Waals surface area contributed by atoms with E-state index in [0.29, 0.717) is 18.5 Å². The van der Waals surface area contributed by atoms with Crippen molar-refractivity contribution < 1.29 is 4.79 Å². The van der Waals surface area contributed by atoms with Crippen LogP contribution in [0.15, 0.2) is 4.99 Å². The molecule has 1 saturated carbocycles. The van der Waals surface area contributed by atoms with Crippen LogP contribution in [0.5, 0.6) is 0 Å². The monoisotopic (exact) mass is 465 g/mol. The first kappa shape index (κ1) is 21.1. The molecule has 1 fully saturated rings. The van der Waals surface area contributed by atoms with E-state index in [0.717, 1.165) is 23.5 Å². The van der Waals surface area contributed by atoms with Crippen molar-refractivity contribution in [2.45, 2.75) is 58.5 Å². The topological polar surface area (TPSA) is 78.4 Å². The van der Waals surface area contributed by atoms with Crippen molar-refractivity contribution >= 4 is 47.2 Å². The summed E-state index contributed by atoms with van der Waals surface area (Å²) >= 11 is 1.68. The molecule has 1 amide bonds. The maximum absolute atomic E-state index is 12.0. The summed E-state index contributed by atoms with van der Waals surface area (Å²) in [6, 6.07) is 0.343. The number of aryl methyl sites for hydroxylation is 2. The predicted molar refractivity (Wildman–Crippen MR) is 110 cm³/mol. The summed E-state index contributed by atoms with van der Waals surface area (Å²) in [7, 11) is 1.71. The Labute approximate surface area is 165 Å². The molecule has 24 heavy (non-hydrogen) atoms. The van der Waals surface area contributed by atoms with E-state index in [1.54, 1.807) is 18.4 Å². The molecular formula is C16H28IN5OS. The Bertz CT molecular complexity index is 555. The van der Waals surface area contributed by atoms with E-state index < -0.39 is 0 Å². The Morgan fingerprint density at radius 1 is 1.25 bits per heavy atom. The van der Waals surface area contributed by atoms with Gasteiger partial charge in [0.05, 0.1) is 23.8 Å². The second kappa shape index (κ2) is 10.9. The maximum Gasteiger partial charge on any atom is 0.239 e. The average Bonchev–Trinajstić information content (AvgIpc) is 2.86. The van der Waals surface area contributed by atoms with Gasteiger partial charge in [0.1, 0.15) is 0 Å². The third-order valence-electron chi connectivity index (χ3n) is 4.03. The Balaban J connectivity index is 0.00000288. The molecule has 136 valence electrons. The highest BCUT2D eigenvalue weighted by Gasteiger charge is 2.15. The van der Waals surface area contributed by atoms with Gasteiger partial charge in [0.25, 0.3) is 0 Å². The number of nitrogens with zero attached hydrogens (tertiary/aromatic N) is 2. The predicted octanol–water partition coefficient (Wildman–Crippen LogP) is 2.49. The Morgan fingerprint density at radius 3 is 2.54 bits per heavy atom.